The molecule has 0 atom stereocenters. The van der Waals surface area contributed by atoms with E-state index in [0.29, 0.717) is 182 Å². The van der Waals surface area contributed by atoms with E-state index in [-0.39, 0.29) is 42.2 Å². The van der Waals surface area contributed by atoms with Gasteiger partial charge in [-0.2, -0.15) is 4.98 Å². The van der Waals surface area contributed by atoms with Crippen LogP contribution in [0.4, 0.5) is 29.7 Å². The van der Waals surface area contributed by atoms with Gasteiger partial charge in [-0.15, -0.1) is 11.3 Å². The van der Waals surface area contributed by atoms with Crippen molar-refractivity contribution in [2.75, 3.05) is 88.9 Å². The molecule has 27 nitrogen and oxygen atoms in total. The predicted octanol–water partition coefficient (Wildman–Crippen LogP) is 17.9. The number of anilines is 5. The number of aromatic amines is 1. The molecule has 0 bridgehead atoms. The smallest absolute Gasteiger partial charge is 0.239 e. The summed E-state index contributed by atoms with van der Waals surface area (Å²) in [7, 11) is 5.86. The van der Waals surface area contributed by atoms with Gasteiger partial charge in [0.2, 0.25) is 35.6 Å². The SMILES string of the molecule is C=C(N)c1cc2c(-c3c(Cl)cc(Cl)c4c3CCO4)nc(N)nc2s1.CCNC(=O)Cn1ccc2nc(N)nc(-c3c(Cl)cc(Cl)c4c3CCO4)c21.CCc1c(C)nc(N)nc1-c1c(Cl)cc(Cl)c2c1CCO2.CN(C)CCOc1cc(-c2nc(N)nc3cc[nH]c23)c(Cl)cc1Cl.Cn1ccc2c(-c3c(Cl)cc(Cl)c4c3CCO4)nc(N)nc21. The fourth-order valence-corrected chi connectivity index (χ4v) is 18.3. The number of likely N-dealkylation sites (N-methyl/N-ethyl adjacent to an activating group) is 2. The minimum Gasteiger partial charge on any atom is -0.491 e. The van der Waals surface area contributed by atoms with E-state index < -0.39 is 0 Å². The van der Waals surface area contributed by atoms with Crippen LogP contribution in [-0.2, 0) is 50.5 Å². The molecule has 0 unspecified atom stereocenters. The van der Waals surface area contributed by atoms with Crippen molar-refractivity contribution in [2.24, 2.45) is 12.8 Å². The summed E-state index contributed by atoms with van der Waals surface area (Å²) in [5, 5.41) is 9.51. The van der Waals surface area contributed by atoms with Gasteiger partial charge in [-0.1, -0.05) is 130 Å². The van der Waals surface area contributed by atoms with Crippen molar-refractivity contribution < 1.29 is 28.5 Å². The number of rotatable bonds is 14. The van der Waals surface area contributed by atoms with Crippen LogP contribution in [0.5, 0.6) is 28.7 Å². The van der Waals surface area contributed by atoms with Gasteiger partial charge in [0, 0.05) is 137 Å². The number of nitrogens with two attached hydrogens (primary N) is 6. The highest BCUT2D eigenvalue weighted by atomic mass is 35.5. The zero-order valence-corrected chi connectivity index (χ0v) is 72.2. The summed E-state index contributed by atoms with van der Waals surface area (Å²) in [6.07, 6.45) is 9.15. The maximum Gasteiger partial charge on any atom is 0.239 e. The molecular formula is C80H73Cl10N21O6S. The summed E-state index contributed by atoms with van der Waals surface area (Å²) in [6, 6.07) is 17.6. The molecule has 0 spiro atoms. The number of ether oxygens (including phenoxy) is 5. The van der Waals surface area contributed by atoms with Crippen LogP contribution in [-0.4, -0.2) is 135 Å². The van der Waals surface area contributed by atoms with Crippen molar-refractivity contribution in [1.82, 2.24) is 74.2 Å². The number of nitrogens with one attached hydrogen (secondary N) is 2. The summed E-state index contributed by atoms with van der Waals surface area (Å²) in [4.78, 5) is 62.2. The molecule has 14 aromatic rings. The second-order valence-corrected chi connectivity index (χ2v) is 32.5. The number of nitrogens with zero attached hydrogens (tertiary/aromatic N) is 13. The molecule has 0 fully saturated rings. The van der Waals surface area contributed by atoms with Crippen LogP contribution < -0.4 is 63.4 Å². The van der Waals surface area contributed by atoms with Gasteiger partial charge in [0.05, 0.1) is 121 Å². The monoisotopic (exact) mass is 1810 g/mol. The highest BCUT2D eigenvalue weighted by Crippen LogP contribution is 2.51. The van der Waals surface area contributed by atoms with E-state index in [4.69, 9.17) is 174 Å². The second kappa shape index (κ2) is 35.5. The van der Waals surface area contributed by atoms with Crippen molar-refractivity contribution in [2.45, 2.75) is 59.4 Å². The van der Waals surface area contributed by atoms with Crippen LogP contribution >= 0.6 is 127 Å². The molecule has 18 rings (SSSR count). The van der Waals surface area contributed by atoms with Gasteiger partial charge < -0.3 is 82.4 Å². The largest absolute Gasteiger partial charge is 0.491 e. The number of benzene rings is 5. The molecule has 14 N–H and O–H groups in total. The Balaban J connectivity index is 0.000000121. The Bertz CT molecular complexity index is 6360. The highest BCUT2D eigenvalue weighted by Gasteiger charge is 2.32. The van der Waals surface area contributed by atoms with E-state index in [1.807, 2.05) is 68.9 Å². The minimum atomic E-state index is -0.103. The molecule has 13 heterocycles. The first-order valence-electron chi connectivity index (χ1n) is 36.5. The molecule has 4 aliphatic rings. The van der Waals surface area contributed by atoms with E-state index in [0.717, 1.165) is 119 Å². The number of carbonyl (C=O) groups excluding carboxylic acids is 1. The average molecular weight is 1810 g/mol. The molecule has 0 saturated heterocycles. The van der Waals surface area contributed by atoms with Gasteiger partial charge in [0.1, 0.15) is 63.8 Å². The first-order chi connectivity index (χ1) is 56.5. The predicted molar refractivity (Wildman–Crippen MR) is 476 cm³/mol. The standard InChI is InChI=1S/C18H17Cl2N5O2.C16H17Cl2N5O.C16H12Cl2N4OS.C15H12Cl2N4O.C15H15Cl2N3O/c1-2-22-13(26)8-25-5-3-12-16(25)15(24-18(21)23-12)14-9-4-6-27-17(9)11(20)7-10(14)19;1-23(2)5-6-24-13-7-9(10(17)8-11(13)18)14-15-12(3-4-20-15)21-16(19)22-14;1-6(19)11-4-8-13(21-16(20)22-15(8)24-11)12-7-2-3-23-14(7)10(18)5-9(12)17;1-21-4-2-8-12(19-15(18)20-14(8)21)11-7-3-5-22-13(7)10(17)6-9(11)16;1-3-8-7(2)19-15(18)20-13(8)12-9-4-5-21-14(9)11(17)6-10(12)16/h3,5,7H,2,4,6,8H2,1H3,(H,22,26)(H2,21,23,24);3-4,7-8,20H,5-6H2,1-2H3,(H2,19,21,22);4-5H,1-3,19H2,(H2,20,21,22);2,4,6H,3,5H2,1H3,(H2,18,19,20);6H,3-5H2,1-2H3,(H2,18,19,20). The second-order valence-electron chi connectivity index (χ2n) is 27.4. The molecule has 38 heteroatoms. The fourth-order valence-electron chi connectivity index (χ4n) is 14.3. The summed E-state index contributed by atoms with van der Waals surface area (Å²) in [6.45, 7) is 13.9. The van der Waals surface area contributed by atoms with Crippen LogP contribution in [0.1, 0.15) is 52.2 Å². The summed E-state index contributed by atoms with van der Waals surface area (Å²) < 4.78 is 32.0. The van der Waals surface area contributed by atoms with Crippen LogP contribution in [0, 0.1) is 6.92 Å². The molecule has 118 heavy (non-hydrogen) atoms. The number of H-pyrrole nitrogens is 1. The number of carbonyl (C=O) groups is 1. The van der Waals surface area contributed by atoms with Crippen LogP contribution in [0.15, 0.2) is 85.8 Å². The van der Waals surface area contributed by atoms with Gasteiger partial charge in [-0.25, -0.2) is 44.9 Å². The van der Waals surface area contributed by atoms with E-state index in [9.17, 15) is 4.79 Å². The quantitative estimate of drug-likeness (QED) is 0.0501. The van der Waals surface area contributed by atoms with Crippen molar-refractivity contribution in [3.63, 3.8) is 0 Å². The lowest BCUT2D eigenvalue weighted by Gasteiger charge is -2.15. The Morgan fingerprint density at radius 2 is 1.03 bits per heavy atom. The van der Waals surface area contributed by atoms with Crippen molar-refractivity contribution >= 4 is 212 Å². The van der Waals surface area contributed by atoms with E-state index >= 15 is 0 Å². The van der Waals surface area contributed by atoms with Crippen LogP contribution in [0.3, 0.4) is 0 Å². The Hall–Kier alpha value is -10.1. The van der Waals surface area contributed by atoms with Crippen molar-refractivity contribution in [1.29, 1.82) is 0 Å². The molecular weight excluding hydrogens is 1740 g/mol. The number of nitrogen functional groups attached to an aromatic ring is 5. The lowest BCUT2D eigenvalue weighted by atomic mass is 9.96. The fraction of sp³-hybridized carbons (Fsp3) is 0.237. The third-order valence-electron chi connectivity index (χ3n) is 19.3. The Morgan fingerprint density at radius 3 is 1.57 bits per heavy atom. The number of hydrogen-bond acceptors (Lipinski definition) is 24. The summed E-state index contributed by atoms with van der Waals surface area (Å²) in [5.74, 6) is 4.04. The Kier molecular flexibility index (Phi) is 25.4. The summed E-state index contributed by atoms with van der Waals surface area (Å²) in [5.41, 5.74) is 52.1. The number of aromatic nitrogens is 13. The first kappa shape index (κ1) is 84.4. The molecule has 5 aromatic carbocycles. The Labute approximate surface area is 729 Å². The topological polar surface area (TPSA) is 389 Å². The first-order valence-corrected chi connectivity index (χ1v) is 41.1. The number of aryl methyl sites for hydroxylation is 2. The van der Waals surface area contributed by atoms with E-state index in [1.165, 1.54) is 11.3 Å². The number of halogens is 10. The van der Waals surface area contributed by atoms with Crippen LogP contribution in [0.25, 0.3) is 105 Å². The van der Waals surface area contributed by atoms with Crippen LogP contribution in [0.2, 0.25) is 50.2 Å². The number of fused-ring (bicyclic) bond motifs is 8. The van der Waals surface area contributed by atoms with Crippen molar-refractivity contribution in [3.05, 3.63) is 174 Å². The molecule has 9 aromatic heterocycles. The van der Waals surface area contributed by atoms with E-state index in [2.05, 4.69) is 73.6 Å². The Morgan fingerprint density at radius 1 is 0.559 bits per heavy atom. The molecule has 0 aliphatic carbocycles. The number of hydrogen-bond donors (Lipinski definition) is 8. The van der Waals surface area contributed by atoms with E-state index in [1.54, 1.807) is 59.4 Å². The van der Waals surface area contributed by atoms with Gasteiger partial charge >= 0.3 is 0 Å². The number of thiophene rings is 1. The lowest BCUT2D eigenvalue weighted by Crippen LogP contribution is -2.26. The van der Waals surface area contributed by atoms with Gasteiger partial charge in [-0.3, -0.25) is 4.79 Å². The average Bonchev–Trinajstić information content (AvgIpc) is 1.56. The summed E-state index contributed by atoms with van der Waals surface area (Å²) >= 11 is 64.9. The highest BCUT2D eigenvalue weighted by molar-refractivity contribution is 7.19. The van der Waals surface area contributed by atoms with Gasteiger partial charge in [0.15, 0.2) is 0 Å². The van der Waals surface area contributed by atoms with Crippen molar-refractivity contribution in [3.8, 4) is 85.0 Å². The third kappa shape index (κ3) is 17.1. The number of amides is 1. The molecule has 0 radical (unpaired) electrons. The molecule has 610 valence electrons. The molecule has 1 amide bonds. The lowest BCUT2D eigenvalue weighted by molar-refractivity contribution is -0.121. The maximum absolute atomic E-state index is 12.1. The minimum absolute atomic E-state index is 0.103. The van der Waals surface area contributed by atoms with Gasteiger partial charge in [0.25, 0.3) is 0 Å². The zero-order chi connectivity index (χ0) is 84.0. The third-order valence-corrected chi connectivity index (χ3v) is 23.4. The zero-order valence-electron chi connectivity index (χ0n) is 63.8. The van der Waals surface area contributed by atoms with Gasteiger partial charge in [-0.05, 0) is 101 Å². The normalized spacial score (nSPS) is 12.8. The molecule has 0 saturated carbocycles. The molecule has 4 aliphatic heterocycles. The maximum atomic E-state index is 12.1.